The molecule has 2 unspecified atom stereocenters. The molecule has 3 aromatic rings. The van der Waals surface area contributed by atoms with Crippen molar-refractivity contribution < 1.29 is 22.8 Å². The Bertz CT molecular complexity index is 1330. The maximum Gasteiger partial charge on any atom is 0.416 e. The van der Waals surface area contributed by atoms with Crippen LogP contribution in [0.3, 0.4) is 0 Å². The average Bonchev–Trinajstić information content (AvgIpc) is 3.25. The number of likely N-dealkylation sites (tertiary alicyclic amines) is 1. The summed E-state index contributed by atoms with van der Waals surface area (Å²) in [6.07, 6.45) is -0.557. The van der Waals surface area contributed by atoms with E-state index in [9.17, 15) is 22.8 Å². The van der Waals surface area contributed by atoms with Gasteiger partial charge in [0.1, 0.15) is 5.82 Å². The Kier molecular flexibility index (Phi) is 8.02. The van der Waals surface area contributed by atoms with Gasteiger partial charge >= 0.3 is 6.18 Å². The second-order valence-electron chi connectivity index (χ2n) is 10.2. The molecular weight excluding hydrogens is 507 g/mol. The maximum atomic E-state index is 12.9. The molecule has 7 nitrogen and oxygen atoms in total. The van der Waals surface area contributed by atoms with Crippen LogP contribution in [0, 0.1) is 0 Å². The molecule has 0 saturated carbocycles. The number of halogens is 3. The number of anilines is 1. The number of hydrogen-bond donors (Lipinski definition) is 2. The lowest BCUT2D eigenvalue weighted by Crippen LogP contribution is -2.44. The lowest BCUT2D eigenvalue weighted by atomic mass is 10.1. The number of nitrogens with zero attached hydrogens (tertiary/aromatic N) is 3. The molecule has 2 amide bonds. The molecule has 0 spiro atoms. The normalized spacial score (nSPS) is 20.5. The van der Waals surface area contributed by atoms with Crippen molar-refractivity contribution in [3.63, 3.8) is 0 Å². The quantitative estimate of drug-likeness (QED) is 0.490. The van der Waals surface area contributed by atoms with Crippen LogP contribution in [0.5, 0.6) is 0 Å². The standard InChI is InChI=1S/C29H32F3N5O2/c30-29(31,32)22-7-3-6-21(17-22)28(39)33-18-27(38)34-23-12-15-37(19-23)24-8-4-14-36(16-13-24)26-11-10-20-5-1-2-9-25(20)35-26/h1-3,5-7,9-11,17,23-24H,4,8,12-16,18-19H2,(H,33,39)(H,34,38). The summed E-state index contributed by atoms with van der Waals surface area (Å²) < 4.78 is 38.7. The van der Waals surface area contributed by atoms with E-state index < -0.39 is 17.6 Å². The Labute approximate surface area is 225 Å². The van der Waals surface area contributed by atoms with Crippen LogP contribution >= 0.6 is 0 Å². The molecule has 5 rings (SSSR count). The van der Waals surface area contributed by atoms with Gasteiger partial charge in [0.05, 0.1) is 17.6 Å². The molecule has 2 aromatic carbocycles. The number of aromatic nitrogens is 1. The Morgan fingerprint density at radius 1 is 0.949 bits per heavy atom. The SMILES string of the molecule is O=C(CNC(=O)c1cccc(C(F)(F)F)c1)NC1CCN(C2CCCN(c3ccc4ccccc4n3)CC2)C1. The summed E-state index contributed by atoms with van der Waals surface area (Å²) in [6.45, 7) is 3.22. The molecule has 2 aliphatic heterocycles. The molecule has 10 heteroatoms. The molecular formula is C29H32F3N5O2. The summed E-state index contributed by atoms with van der Waals surface area (Å²) in [5.74, 6) is -0.0575. The molecule has 206 valence electrons. The minimum Gasteiger partial charge on any atom is -0.357 e. The van der Waals surface area contributed by atoms with Crippen molar-refractivity contribution in [2.45, 2.75) is 43.9 Å². The maximum absolute atomic E-state index is 12.9. The number of benzene rings is 2. The second kappa shape index (κ2) is 11.6. The van der Waals surface area contributed by atoms with Gasteiger partial charge in [-0.05, 0) is 62.1 Å². The highest BCUT2D eigenvalue weighted by Crippen LogP contribution is 2.29. The smallest absolute Gasteiger partial charge is 0.357 e. The second-order valence-corrected chi connectivity index (χ2v) is 10.2. The average molecular weight is 540 g/mol. The highest BCUT2D eigenvalue weighted by molar-refractivity contribution is 5.96. The van der Waals surface area contributed by atoms with Gasteiger partial charge in [0.15, 0.2) is 0 Å². The monoisotopic (exact) mass is 539 g/mol. The van der Waals surface area contributed by atoms with Crippen LogP contribution in [-0.4, -0.2) is 66.5 Å². The topological polar surface area (TPSA) is 77.6 Å². The van der Waals surface area contributed by atoms with Crippen molar-refractivity contribution in [3.05, 3.63) is 71.8 Å². The van der Waals surface area contributed by atoms with E-state index in [-0.39, 0.29) is 24.1 Å². The number of carbonyl (C=O) groups is 2. The van der Waals surface area contributed by atoms with Gasteiger partial charge < -0.3 is 15.5 Å². The van der Waals surface area contributed by atoms with Gasteiger partial charge in [0, 0.05) is 49.2 Å². The van der Waals surface area contributed by atoms with E-state index in [1.165, 1.54) is 12.1 Å². The van der Waals surface area contributed by atoms with E-state index in [0.29, 0.717) is 6.04 Å². The zero-order valence-corrected chi connectivity index (χ0v) is 21.6. The number of para-hydroxylation sites is 1. The van der Waals surface area contributed by atoms with E-state index in [2.05, 4.69) is 38.6 Å². The van der Waals surface area contributed by atoms with Gasteiger partial charge in [-0.3, -0.25) is 14.5 Å². The Morgan fingerprint density at radius 2 is 1.79 bits per heavy atom. The fourth-order valence-electron chi connectivity index (χ4n) is 5.52. The van der Waals surface area contributed by atoms with Gasteiger partial charge in [-0.15, -0.1) is 0 Å². The Balaban J connectivity index is 1.08. The molecule has 2 atom stereocenters. The third-order valence-electron chi connectivity index (χ3n) is 7.57. The molecule has 3 heterocycles. The molecule has 2 saturated heterocycles. The van der Waals surface area contributed by atoms with Crippen LogP contribution in [0.1, 0.15) is 41.6 Å². The predicted octanol–water partition coefficient (Wildman–Crippen LogP) is 4.23. The Hall–Kier alpha value is -3.66. The molecule has 0 bridgehead atoms. The fourth-order valence-corrected chi connectivity index (χ4v) is 5.52. The number of nitrogens with one attached hydrogen (secondary N) is 2. The van der Waals surface area contributed by atoms with Crippen molar-refractivity contribution in [1.29, 1.82) is 0 Å². The first-order chi connectivity index (χ1) is 18.8. The van der Waals surface area contributed by atoms with E-state index in [1.54, 1.807) is 0 Å². The van der Waals surface area contributed by atoms with Crippen LogP contribution in [0.4, 0.5) is 19.0 Å². The molecule has 2 N–H and O–H groups in total. The van der Waals surface area contributed by atoms with Gasteiger partial charge in [-0.25, -0.2) is 4.98 Å². The van der Waals surface area contributed by atoms with E-state index in [4.69, 9.17) is 4.98 Å². The number of pyridine rings is 1. The summed E-state index contributed by atoms with van der Waals surface area (Å²) in [5, 5.41) is 6.52. The molecule has 2 aliphatic rings. The zero-order chi connectivity index (χ0) is 27.4. The minimum atomic E-state index is -4.54. The molecule has 1 aromatic heterocycles. The zero-order valence-electron chi connectivity index (χ0n) is 21.6. The van der Waals surface area contributed by atoms with Crippen molar-refractivity contribution >= 4 is 28.5 Å². The summed E-state index contributed by atoms with van der Waals surface area (Å²) in [5.41, 5.74) is -0.0355. The van der Waals surface area contributed by atoms with Crippen LogP contribution in [0.25, 0.3) is 10.9 Å². The third-order valence-corrected chi connectivity index (χ3v) is 7.57. The minimum absolute atomic E-state index is 0.0236. The third kappa shape index (κ3) is 6.68. The lowest BCUT2D eigenvalue weighted by molar-refractivity contribution is -0.137. The highest BCUT2D eigenvalue weighted by Gasteiger charge is 2.32. The number of hydrogen-bond acceptors (Lipinski definition) is 5. The van der Waals surface area contributed by atoms with Crippen LogP contribution in [0.2, 0.25) is 0 Å². The van der Waals surface area contributed by atoms with Crippen LogP contribution < -0.4 is 15.5 Å². The van der Waals surface area contributed by atoms with Crippen LogP contribution in [0.15, 0.2) is 60.7 Å². The first-order valence-electron chi connectivity index (χ1n) is 13.4. The van der Waals surface area contributed by atoms with Gasteiger partial charge in [0.25, 0.3) is 5.91 Å². The summed E-state index contributed by atoms with van der Waals surface area (Å²) in [6, 6.07) is 16.9. The molecule has 2 fully saturated rings. The number of fused-ring (bicyclic) bond motifs is 1. The number of alkyl halides is 3. The summed E-state index contributed by atoms with van der Waals surface area (Å²) >= 11 is 0. The van der Waals surface area contributed by atoms with Crippen LogP contribution in [-0.2, 0) is 11.0 Å². The lowest BCUT2D eigenvalue weighted by Gasteiger charge is -2.27. The molecule has 39 heavy (non-hydrogen) atoms. The van der Waals surface area contributed by atoms with E-state index in [0.717, 1.165) is 80.7 Å². The molecule has 0 aliphatic carbocycles. The first kappa shape index (κ1) is 26.9. The van der Waals surface area contributed by atoms with Crippen molar-refractivity contribution in [3.8, 4) is 0 Å². The summed E-state index contributed by atoms with van der Waals surface area (Å²) in [7, 11) is 0. The predicted molar refractivity (Wildman–Crippen MR) is 143 cm³/mol. The fraction of sp³-hybridized carbons (Fsp3) is 0.414. The largest absolute Gasteiger partial charge is 0.416 e. The van der Waals surface area contributed by atoms with Crippen molar-refractivity contribution in [1.82, 2.24) is 20.5 Å². The van der Waals surface area contributed by atoms with Crippen molar-refractivity contribution in [2.24, 2.45) is 0 Å². The van der Waals surface area contributed by atoms with E-state index >= 15 is 0 Å². The van der Waals surface area contributed by atoms with E-state index in [1.807, 2.05) is 18.2 Å². The van der Waals surface area contributed by atoms with Gasteiger partial charge in [-0.1, -0.05) is 24.3 Å². The molecule has 0 radical (unpaired) electrons. The van der Waals surface area contributed by atoms with Gasteiger partial charge in [0.2, 0.25) is 5.91 Å². The summed E-state index contributed by atoms with van der Waals surface area (Å²) in [4.78, 5) is 34.4. The first-order valence-corrected chi connectivity index (χ1v) is 13.4. The Morgan fingerprint density at radius 3 is 2.64 bits per heavy atom. The number of carbonyl (C=O) groups excluding carboxylic acids is 2. The number of rotatable bonds is 6. The van der Waals surface area contributed by atoms with Gasteiger partial charge in [-0.2, -0.15) is 13.2 Å². The highest BCUT2D eigenvalue weighted by atomic mass is 19.4. The van der Waals surface area contributed by atoms with Crippen molar-refractivity contribution in [2.75, 3.05) is 37.6 Å². The number of amides is 2.